The van der Waals surface area contributed by atoms with Crippen molar-refractivity contribution >= 4 is 0 Å². The van der Waals surface area contributed by atoms with E-state index in [4.69, 9.17) is 0 Å². The van der Waals surface area contributed by atoms with Crippen LogP contribution >= 0.6 is 0 Å². The molecule has 2 aromatic carbocycles. The maximum Gasteiger partial charge on any atom is 0.126 e. The summed E-state index contributed by atoms with van der Waals surface area (Å²) in [7, 11) is 0. The maximum atomic E-state index is 13.6. The molecule has 100 valence electrons. The molecule has 2 rings (SSSR count). The quantitative estimate of drug-likeness (QED) is 0.894. The van der Waals surface area contributed by atoms with Crippen molar-refractivity contribution in [1.29, 1.82) is 0 Å². The van der Waals surface area contributed by atoms with Gasteiger partial charge in [-0.15, -0.1) is 0 Å². The van der Waals surface area contributed by atoms with E-state index in [1.807, 2.05) is 0 Å². The SMILES string of the molecule is CC(O)(Cc1cc(F)ccc1F)c1ccc(O)cc1. The second-order valence-electron chi connectivity index (χ2n) is 4.73. The summed E-state index contributed by atoms with van der Waals surface area (Å²) >= 11 is 0. The molecule has 0 radical (unpaired) electrons. The van der Waals surface area contributed by atoms with Crippen LogP contribution in [0.25, 0.3) is 0 Å². The van der Waals surface area contributed by atoms with Gasteiger partial charge in [-0.1, -0.05) is 12.1 Å². The smallest absolute Gasteiger partial charge is 0.126 e. The van der Waals surface area contributed by atoms with Crippen molar-refractivity contribution in [2.45, 2.75) is 18.9 Å². The van der Waals surface area contributed by atoms with E-state index in [2.05, 4.69) is 0 Å². The number of halogens is 2. The molecule has 0 fully saturated rings. The van der Waals surface area contributed by atoms with Gasteiger partial charge in [-0.25, -0.2) is 8.78 Å². The van der Waals surface area contributed by atoms with Crippen molar-refractivity contribution in [3.8, 4) is 5.75 Å². The first-order chi connectivity index (χ1) is 8.88. The first-order valence-corrected chi connectivity index (χ1v) is 5.84. The Morgan fingerprint density at radius 2 is 1.68 bits per heavy atom. The van der Waals surface area contributed by atoms with Crippen molar-refractivity contribution in [2.24, 2.45) is 0 Å². The van der Waals surface area contributed by atoms with Gasteiger partial charge in [-0.2, -0.15) is 0 Å². The van der Waals surface area contributed by atoms with Crippen molar-refractivity contribution in [2.75, 3.05) is 0 Å². The molecule has 0 bridgehead atoms. The molecular weight excluding hydrogens is 250 g/mol. The first-order valence-electron chi connectivity index (χ1n) is 5.84. The van der Waals surface area contributed by atoms with Crippen LogP contribution in [0.2, 0.25) is 0 Å². The third kappa shape index (κ3) is 3.09. The van der Waals surface area contributed by atoms with Gasteiger partial charge >= 0.3 is 0 Å². The molecule has 4 heteroatoms. The molecule has 1 atom stereocenters. The van der Waals surface area contributed by atoms with Crippen LogP contribution in [-0.4, -0.2) is 10.2 Å². The topological polar surface area (TPSA) is 40.5 Å². The zero-order valence-electron chi connectivity index (χ0n) is 10.4. The monoisotopic (exact) mass is 264 g/mol. The highest BCUT2D eigenvalue weighted by Gasteiger charge is 2.25. The lowest BCUT2D eigenvalue weighted by atomic mass is 9.89. The molecule has 0 spiro atoms. The second kappa shape index (κ2) is 4.97. The molecule has 0 aliphatic heterocycles. The zero-order valence-corrected chi connectivity index (χ0v) is 10.4. The Hall–Kier alpha value is -1.94. The average Bonchev–Trinajstić information content (AvgIpc) is 2.34. The minimum Gasteiger partial charge on any atom is -0.508 e. The van der Waals surface area contributed by atoms with Crippen LogP contribution in [0, 0.1) is 11.6 Å². The summed E-state index contributed by atoms with van der Waals surface area (Å²) in [6.45, 7) is 1.52. The van der Waals surface area contributed by atoms with Gasteiger partial charge in [-0.05, 0) is 48.4 Å². The lowest BCUT2D eigenvalue weighted by molar-refractivity contribution is 0.0566. The fourth-order valence-electron chi connectivity index (χ4n) is 1.97. The minimum absolute atomic E-state index is 0.0542. The molecule has 2 nitrogen and oxygen atoms in total. The zero-order chi connectivity index (χ0) is 14.0. The van der Waals surface area contributed by atoms with E-state index >= 15 is 0 Å². The van der Waals surface area contributed by atoms with E-state index in [0.29, 0.717) is 5.56 Å². The van der Waals surface area contributed by atoms with Crippen LogP contribution < -0.4 is 0 Å². The standard InChI is InChI=1S/C15H14F2O2/c1-15(19,11-2-5-13(18)6-3-11)9-10-8-12(16)4-7-14(10)17/h2-8,18-19H,9H2,1H3. The third-order valence-electron chi connectivity index (χ3n) is 3.03. The fourth-order valence-corrected chi connectivity index (χ4v) is 1.97. The van der Waals surface area contributed by atoms with E-state index in [0.717, 1.165) is 18.2 Å². The highest BCUT2D eigenvalue weighted by Crippen LogP contribution is 2.27. The Bertz CT molecular complexity index is 577. The molecule has 1 unspecified atom stereocenters. The number of hydrogen-bond donors (Lipinski definition) is 2. The van der Waals surface area contributed by atoms with Crippen molar-refractivity contribution < 1.29 is 19.0 Å². The van der Waals surface area contributed by atoms with E-state index in [9.17, 15) is 19.0 Å². The minimum atomic E-state index is -1.34. The van der Waals surface area contributed by atoms with Crippen LogP contribution in [0.15, 0.2) is 42.5 Å². The first kappa shape index (κ1) is 13.5. The number of rotatable bonds is 3. The van der Waals surface area contributed by atoms with Gasteiger partial charge < -0.3 is 10.2 Å². The molecule has 0 aromatic heterocycles. The fraction of sp³-hybridized carbons (Fsp3) is 0.200. The van der Waals surface area contributed by atoms with E-state index in [-0.39, 0.29) is 17.7 Å². The van der Waals surface area contributed by atoms with Gasteiger partial charge in [0.25, 0.3) is 0 Å². The molecule has 0 amide bonds. The van der Waals surface area contributed by atoms with Crippen molar-refractivity contribution in [3.05, 3.63) is 65.2 Å². The van der Waals surface area contributed by atoms with Crippen LogP contribution in [0.1, 0.15) is 18.1 Å². The number of aromatic hydroxyl groups is 1. The largest absolute Gasteiger partial charge is 0.508 e. The van der Waals surface area contributed by atoms with Crippen LogP contribution in [0.4, 0.5) is 8.78 Å². The van der Waals surface area contributed by atoms with Gasteiger partial charge in [0.05, 0.1) is 5.60 Å². The number of aliphatic hydroxyl groups is 1. The lowest BCUT2D eigenvalue weighted by Gasteiger charge is -2.24. The molecule has 0 aliphatic carbocycles. The average molecular weight is 264 g/mol. The predicted molar refractivity (Wildman–Crippen MR) is 67.7 cm³/mol. The summed E-state index contributed by atoms with van der Waals surface area (Å²) in [5, 5.41) is 19.6. The summed E-state index contributed by atoms with van der Waals surface area (Å²) < 4.78 is 26.7. The Labute approximate surface area is 110 Å². The molecule has 2 aromatic rings. The second-order valence-corrected chi connectivity index (χ2v) is 4.73. The molecule has 2 N–H and O–H groups in total. The molecule has 0 heterocycles. The van der Waals surface area contributed by atoms with Crippen LogP contribution in [-0.2, 0) is 12.0 Å². The third-order valence-corrected chi connectivity index (χ3v) is 3.03. The Morgan fingerprint density at radius 1 is 1.05 bits per heavy atom. The number of benzene rings is 2. The highest BCUT2D eigenvalue weighted by molar-refractivity contribution is 5.31. The number of phenolic OH excluding ortho intramolecular Hbond substituents is 1. The van der Waals surface area contributed by atoms with Gasteiger partial charge in [0.2, 0.25) is 0 Å². The van der Waals surface area contributed by atoms with Gasteiger partial charge in [-0.3, -0.25) is 0 Å². The highest BCUT2D eigenvalue weighted by atomic mass is 19.1. The summed E-state index contributed by atoms with van der Waals surface area (Å²) in [5.74, 6) is -1.02. The molecule has 19 heavy (non-hydrogen) atoms. The summed E-state index contributed by atoms with van der Waals surface area (Å²) in [6, 6.07) is 9.12. The number of phenols is 1. The molecular formula is C15H14F2O2. The lowest BCUT2D eigenvalue weighted by Crippen LogP contribution is -2.24. The maximum absolute atomic E-state index is 13.6. The molecule has 0 saturated heterocycles. The van der Waals surface area contributed by atoms with E-state index in [1.54, 1.807) is 12.1 Å². The van der Waals surface area contributed by atoms with Crippen LogP contribution in [0.5, 0.6) is 5.75 Å². The Kier molecular flexibility index (Phi) is 3.53. The van der Waals surface area contributed by atoms with E-state index < -0.39 is 17.2 Å². The predicted octanol–water partition coefficient (Wildman–Crippen LogP) is 3.12. The van der Waals surface area contributed by atoms with Gasteiger partial charge in [0.15, 0.2) is 0 Å². The molecule has 0 saturated carbocycles. The summed E-state index contributed by atoms with van der Waals surface area (Å²) in [6.07, 6.45) is -0.0542. The van der Waals surface area contributed by atoms with Crippen LogP contribution in [0.3, 0.4) is 0 Å². The Morgan fingerprint density at radius 3 is 2.32 bits per heavy atom. The Balaban J connectivity index is 2.30. The van der Waals surface area contributed by atoms with Crippen molar-refractivity contribution in [3.63, 3.8) is 0 Å². The molecule has 0 aliphatic rings. The summed E-state index contributed by atoms with van der Waals surface area (Å²) in [4.78, 5) is 0. The number of hydrogen-bond acceptors (Lipinski definition) is 2. The van der Waals surface area contributed by atoms with Crippen molar-refractivity contribution in [1.82, 2.24) is 0 Å². The van der Waals surface area contributed by atoms with E-state index in [1.165, 1.54) is 19.1 Å². The normalized spacial score (nSPS) is 14.1. The van der Waals surface area contributed by atoms with Gasteiger partial charge in [0.1, 0.15) is 17.4 Å². The summed E-state index contributed by atoms with van der Waals surface area (Å²) in [5.41, 5.74) is -0.713. The van der Waals surface area contributed by atoms with Gasteiger partial charge in [0, 0.05) is 6.42 Å².